The number of aliphatic carboxylic acids is 1. The molecular weight excluding hydrogens is 925 g/mol. The standard InChI is InChI=1S/C25H28F2N4O3.C20H28N2O4.C6H6F2N2.CH4/c26-19-12-21-22(13-20(19)27)30-25(29-21)16-3-6-23(28-14-16)31-9-7-18(8-10-31)34-17-4-1-15(2-5-17)11-24(32)33;1-25-20(24)12-15-2-5-17(6-3-15)26-18-8-10-22(11-9-18)19-7-4-16(14-23)13-21-19;7-3-1-5(9)6(10)2-4(3)8;/h3,6,12-15,17-18H,1-2,4-5,7-11H2,(H,29,30)(H,32,33);4,7,13-15,17-18H,2-3,5-6,8-12H2,1H3;1-2H,9-10H2;1H4. The van der Waals surface area contributed by atoms with Crippen molar-refractivity contribution in [1.82, 2.24) is 19.9 Å². The lowest BCUT2D eigenvalue weighted by atomic mass is 9.85. The van der Waals surface area contributed by atoms with Gasteiger partial charge in [0.1, 0.15) is 17.5 Å². The first-order valence-corrected chi connectivity index (χ1v) is 24.0. The van der Waals surface area contributed by atoms with E-state index in [1.165, 1.54) is 7.11 Å². The van der Waals surface area contributed by atoms with Crippen molar-refractivity contribution in [3.05, 3.63) is 89.8 Å². The quantitative estimate of drug-likeness (QED) is 0.0397. The number of imidazole rings is 1. The first-order chi connectivity index (χ1) is 33.7. The number of carbonyl (C=O) groups is 3. The first kappa shape index (κ1) is 54.0. The third-order valence-electron chi connectivity index (χ3n) is 13.6. The van der Waals surface area contributed by atoms with Gasteiger partial charge in [-0.2, -0.15) is 0 Å². The second kappa shape index (κ2) is 25.7. The molecule has 0 radical (unpaired) electrons. The summed E-state index contributed by atoms with van der Waals surface area (Å²) in [5.41, 5.74) is 12.6. The Hall–Kier alpha value is -6.34. The molecule has 0 spiro atoms. The highest BCUT2D eigenvalue weighted by Crippen LogP contribution is 2.33. The number of rotatable bonds is 12. The molecule has 15 nitrogen and oxygen atoms in total. The predicted molar refractivity (Wildman–Crippen MR) is 264 cm³/mol. The fourth-order valence-electron chi connectivity index (χ4n) is 9.58. The van der Waals surface area contributed by atoms with E-state index >= 15 is 0 Å². The van der Waals surface area contributed by atoms with Crippen LogP contribution in [0.1, 0.15) is 108 Å². The number of methoxy groups -OCH3 is 1. The molecule has 2 saturated heterocycles. The number of ether oxygens (including phenoxy) is 3. The zero-order chi connectivity index (χ0) is 49.7. The monoisotopic (exact) mass is 990 g/mol. The van der Waals surface area contributed by atoms with Gasteiger partial charge in [-0.3, -0.25) is 14.4 Å². The second-order valence-electron chi connectivity index (χ2n) is 18.5. The zero-order valence-corrected chi connectivity index (χ0v) is 39.3. The first-order valence-electron chi connectivity index (χ1n) is 24.0. The van der Waals surface area contributed by atoms with Crippen LogP contribution in [-0.4, -0.2) is 101 Å². The number of carboxylic acids is 1. The highest BCUT2D eigenvalue weighted by molar-refractivity contribution is 5.79. The number of benzene rings is 2. The summed E-state index contributed by atoms with van der Waals surface area (Å²) in [6.07, 6.45) is 17.9. The van der Waals surface area contributed by atoms with E-state index in [1.807, 2.05) is 24.3 Å². The number of pyridine rings is 2. The van der Waals surface area contributed by atoms with Gasteiger partial charge in [0.2, 0.25) is 0 Å². The number of fused-ring (bicyclic) bond motifs is 1. The fourth-order valence-corrected chi connectivity index (χ4v) is 9.58. The molecule has 2 aliphatic heterocycles. The fraction of sp³-hybridized carbons (Fsp3) is 0.500. The number of hydrogen-bond acceptors (Lipinski definition) is 13. The lowest BCUT2D eigenvalue weighted by Gasteiger charge is -2.36. The minimum Gasteiger partial charge on any atom is -0.481 e. The third kappa shape index (κ3) is 15.3. The summed E-state index contributed by atoms with van der Waals surface area (Å²) in [7, 11) is 1.45. The van der Waals surface area contributed by atoms with Crippen molar-refractivity contribution >= 4 is 52.3 Å². The van der Waals surface area contributed by atoms with Crippen LogP contribution in [-0.2, 0) is 23.8 Å². The minimum atomic E-state index is -0.980. The molecule has 384 valence electrons. The minimum absolute atomic E-state index is 0. The van der Waals surface area contributed by atoms with Crippen molar-refractivity contribution in [3.8, 4) is 11.4 Å². The molecule has 2 saturated carbocycles. The van der Waals surface area contributed by atoms with Gasteiger partial charge in [-0.25, -0.2) is 32.5 Å². The van der Waals surface area contributed by atoms with E-state index in [4.69, 9.17) is 30.8 Å². The van der Waals surface area contributed by atoms with Crippen LogP contribution < -0.4 is 21.3 Å². The van der Waals surface area contributed by atoms with Gasteiger partial charge >= 0.3 is 11.9 Å². The van der Waals surface area contributed by atoms with E-state index in [9.17, 15) is 31.9 Å². The van der Waals surface area contributed by atoms with E-state index in [1.54, 1.807) is 12.4 Å². The van der Waals surface area contributed by atoms with Crippen molar-refractivity contribution in [2.75, 3.05) is 54.6 Å². The van der Waals surface area contributed by atoms with E-state index in [-0.39, 0.29) is 49.3 Å². The normalized spacial score (nSPS) is 20.7. The summed E-state index contributed by atoms with van der Waals surface area (Å²) in [5.74, 6) is -1.53. The van der Waals surface area contributed by atoms with Crippen molar-refractivity contribution in [2.24, 2.45) is 11.8 Å². The number of aromatic nitrogens is 4. The van der Waals surface area contributed by atoms with E-state index in [0.29, 0.717) is 47.0 Å². The van der Waals surface area contributed by atoms with E-state index < -0.39 is 29.2 Å². The Labute approximate surface area is 411 Å². The van der Waals surface area contributed by atoms with Crippen LogP contribution in [0.5, 0.6) is 0 Å². The molecular formula is C52H66F4N8O7. The number of H-pyrrole nitrogens is 1. The number of nitrogen functional groups attached to an aromatic ring is 2. The number of carbonyl (C=O) groups excluding carboxylic acids is 2. The number of nitrogens with one attached hydrogen (secondary N) is 1. The molecule has 19 heteroatoms. The van der Waals surface area contributed by atoms with Gasteiger partial charge in [-0.1, -0.05) is 7.43 Å². The number of hydrogen-bond donors (Lipinski definition) is 4. The number of carboxylic acid groups (broad SMARTS) is 1. The van der Waals surface area contributed by atoms with Crippen LogP contribution in [0, 0.1) is 35.1 Å². The van der Waals surface area contributed by atoms with E-state index in [0.717, 1.165) is 151 Å². The molecule has 9 rings (SSSR count). The molecule has 0 bridgehead atoms. The maximum atomic E-state index is 13.5. The largest absolute Gasteiger partial charge is 0.481 e. The Morgan fingerprint density at radius 3 is 1.59 bits per heavy atom. The van der Waals surface area contributed by atoms with Crippen molar-refractivity contribution in [2.45, 2.75) is 122 Å². The molecule has 4 fully saturated rings. The molecule has 71 heavy (non-hydrogen) atoms. The molecule has 4 aliphatic rings. The second-order valence-corrected chi connectivity index (χ2v) is 18.5. The topological polar surface area (TPSA) is 212 Å². The van der Waals surface area contributed by atoms with Gasteiger partial charge in [0.15, 0.2) is 29.6 Å². The lowest BCUT2D eigenvalue weighted by molar-refractivity contribution is -0.142. The number of aromatic amines is 1. The number of anilines is 4. The number of piperidine rings is 2. The van der Waals surface area contributed by atoms with Crippen LogP contribution in [0.2, 0.25) is 0 Å². The average Bonchev–Trinajstić information content (AvgIpc) is 3.78. The van der Waals surface area contributed by atoms with Crippen LogP contribution in [0.3, 0.4) is 0 Å². The van der Waals surface area contributed by atoms with Crippen molar-refractivity contribution < 1.29 is 51.3 Å². The molecule has 6 N–H and O–H groups in total. The molecule has 2 aromatic carbocycles. The predicted octanol–water partition coefficient (Wildman–Crippen LogP) is 9.69. The number of halogens is 4. The number of esters is 1. The Bertz CT molecular complexity index is 2410. The van der Waals surface area contributed by atoms with Crippen LogP contribution >= 0.6 is 0 Å². The molecule has 0 amide bonds. The number of nitrogens with zero attached hydrogens (tertiary/aromatic N) is 5. The summed E-state index contributed by atoms with van der Waals surface area (Å²) in [4.78, 5) is 53.8. The zero-order valence-electron chi connectivity index (χ0n) is 39.3. The Morgan fingerprint density at radius 1 is 0.676 bits per heavy atom. The SMILES string of the molecule is C.COC(=O)CC1CCC(OC2CCN(c3ccc(C=O)cn3)CC2)CC1.Nc1cc(F)c(F)cc1N.O=C(O)CC1CCC(OC2CCN(c3ccc(-c4nc5cc(F)c(F)cc5[nH]4)cn3)CC2)CC1. The van der Waals surface area contributed by atoms with Crippen molar-refractivity contribution in [1.29, 1.82) is 0 Å². The van der Waals surface area contributed by atoms with Gasteiger partial charge < -0.3 is 45.6 Å². The Morgan fingerprint density at radius 2 is 1.14 bits per heavy atom. The maximum absolute atomic E-state index is 13.5. The van der Waals surface area contributed by atoms with E-state index in [2.05, 4.69) is 29.7 Å². The lowest BCUT2D eigenvalue weighted by Crippen LogP contribution is -2.39. The molecule has 3 aromatic heterocycles. The van der Waals surface area contributed by atoms with Gasteiger partial charge in [-0.05, 0) is 113 Å². The maximum Gasteiger partial charge on any atom is 0.305 e. The van der Waals surface area contributed by atoms with Gasteiger partial charge in [0, 0.05) is 86.8 Å². The summed E-state index contributed by atoms with van der Waals surface area (Å²) >= 11 is 0. The Kier molecular flexibility index (Phi) is 19.5. The molecule has 2 aliphatic carbocycles. The molecule has 0 atom stereocenters. The van der Waals surface area contributed by atoms with Crippen LogP contribution in [0.25, 0.3) is 22.4 Å². The molecule has 0 unspecified atom stereocenters. The van der Waals surface area contributed by atoms with Gasteiger partial charge in [0.25, 0.3) is 0 Å². The van der Waals surface area contributed by atoms with Crippen LogP contribution in [0.15, 0.2) is 60.9 Å². The molecule has 5 heterocycles. The Balaban J connectivity index is 0.000000197. The highest BCUT2D eigenvalue weighted by Gasteiger charge is 2.30. The van der Waals surface area contributed by atoms with Gasteiger partial charge in [0.05, 0.1) is 53.9 Å². The molecule has 5 aromatic rings. The number of aldehydes is 1. The van der Waals surface area contributed by atoms with Crippen LogP contribution in [0.4, 0.5) is 40.6 Å². The third-order valence-corrected chi connectivity index (χ3v) is 13.6. The summed E-state index contributed by atoms with van der Waals surface area (Å²) in [6, 6.07) is 11.5. The summed E-state index contributed by atoms with van der Waals surface area (Å²) in [5, 5.41) is 8.96. The average molecular weight is 991 g/mol. The summed E-state index contributed by atoms with van der Waals surface area (Å²) < 4.78 is 68.8. The number of nitrogens with two attached hydrogens (primary N) is 2. The smallest absolute Gasteiger partial charge is 0.305 e. The summed E-state index contributed by atoms with van der Waals surface area (Å²) in [6.45, 7) is 3.56. The van der Waals surface area contributed by atoms with Crippen molar-refractivity contribution in [3.63, 3.8) is 0 Å². The highest BCUT2D eigenvalue weighted by atomic mass is 19.2. The van der Waals surface area contributed by atoms with Gasteiger partial charge in [-0.15, -0.1) is 0 Å².